The monoisotopic (exact) mass is 177 g/mol. The minimum absolute atomic E-state index is 0.571. The van der Waals surface area contributed by atoms with Gasteiger partial charge in [-0.15, -0.1) is 0 Å². The van der Waals surface area contributed by atoms with Gasteiger partial charge in [-0.1, -0.05) is 29.8 Å². The molecule has 0 aliphatic carbocycles. The Morgan fingerprint density at radius 3 is 2.54 bits per heavy atom. The van der Waals surface area contributed by atoms with E-state index in [1.807, 2.05) is 0 Å². The second kappa shape index (κ2) is 3.90. The normalized spacial score (nSPS) is 17.0. The van der Waals surface area contributed by atoms with Crippen molar-refractivity contribution in [2.75, 3.05) is 13.2 Å². The third-order valence-electron chi connectivity index (χ3n) is 2.35. The van der Waals surface area contributed by atoms with E-state index in [1.165, 1.54) is 11.1 Å². The van der Waals surface area contributed by atoms with Crippen LogP contribution in [0.3, 0.4) is 0 Å². The fraction of sp³-hybridized carbons (Fsp3) is 0.455. The molecule has 2 nitrogen and oxygen atoms in total. The highest BCUT2D eigenvalue weighted by molar-refractivity contribution is 5.21. The van der Waals surface area contributed by atoms with Crippen LogP contribution < -0.4 is 5.32 Å². The zero-order valence-corrected chi connectivity index (χ0v) is 7.92. The molecule has 1 aromatic carbocycles. The molecule has 0 radical (unpaired) electrons. The standard InChI is InChI=1S/C11H15NO/c1-9-2-4-10(5-3-9)6-12-11-7-13-8-11/h2-5,11-12H,6-8H2,1H3. The van der Waals surface area contributed by atoms with Crippen LogP contribution in [-0.2, 0) is 11.3 Å². The summed E-state index contributed by atoms with van der Waals surface area (Å²) in [6.45, 7) is 4.79. The molecule has 0 bridgehead atoms. The second-order valence-corrected chi connectivity index (χ2v) is 3.60. The molecule has 2 heteroatoms. The maximum Gasteiger partial charge on any atom is 0.0643 e. The quantitative estimate of drug-likeness (QED) is 0.755. The van der Waals surface area contributed by atoms with Crippen molar-refractivity contribution < 1.29 is 4.74 Å². The van der Waals surface area contributed by atoms with Crippen LogP contribution in [0.5, 0.6) is 0 Å². The highest BCUT2D eigenvalue weighted by atomic mass is 16.5. The highest BCUT2D eigenvalue weighted by Crippen LogP contribution is 2.05. The third-order valence-corrected chi connectivity index (χ3v) is 2.35. The molecule has 70 valence electrons. The Morgan fingerprint density at radius 2 is 2.00 bits per heavy atom. The number of hydrogen-bond acceptors (Lipinski definition) is 2. The number of benzene rings is 1. The smallest absolute Gasteiger partial charge is 0.0643 e. The van der Waals surface area contributed by atoms with Crippen LogP contribution in [0.15, 0.2) is 24.3 Å². The van der Waals surface area contributed by atoms with E-state index in [2.05, 4.69) is 36.5 Å². The number of aryl methyl sites for hydroxylation is 1. The molecule has 1 fully saturated rings. The Hall–Kier alpha value is -0.860. The lowest BCUT2D eigenvalue weighted by molar-refractivity contribution is -0.00578. The fourth-order valence-corrected chi connectivity index (χ4v) is 1.32. The lowest BCUT2D eigenvalue weighted by Gasteiger charge is -2.27. The lowest BCUT2D eigenvalue weighted by atomic mass is 10.1. The maximum absolute atomic E-state index is 5.08. The Labute approximate surface area is 78.9 Å². The molecule has 1 saturated heterocycles. The van der Waals surface area contributed by atoms with E-state index in [1.54, 1.807) is 0 Å². The first-order chi connectivity index (χ1) is 6.34. The van der Waals surface area contributed by atoms with Gasteiger partial charge in [-0.25, -0.2) is 0 Å². The average Bonchev–Trinajstić information content (AvgIpc) is 2.05. The fourth-order valence-electron chi connectivity index (χ4n) is 1.32. The average molecular weight is 177 g/mol. The molecule has 2 rings (SSSR count). The summed E-state index contributed by atoms with van der Waals surface area (Å²) in [5.74, 6) is 0. The molecular formula is C11H15NO. The van der Waals surface area contributed by atoms with E-state index in [0.717, 1.165) is 19.8 Å². The SMILES string of the molecule is Cc1ccc(CNC2COC2)cc1. The van der Waals surface area contributed by atoms with Crippen LogP contribution in [0.4, 0.5) is 0 Å². The first-order valence-electron chi connectivity index (χ1n) is 4.71. The van der Waals surface area contributed by atoms with Gasteiger partial charge in [-0.05, 0) is 12.5 Å². The Kier molecular flexibility index (Phi) is 2.62. The lowest BCUT2D eigenvalue weighted by Crippen LogP contribution is -2.45. The summed E-state index contributed by atoms with van der Waals surface area (Å²) < 4.78 is 5.08. The molecular weight excluding hydrogens is 162 g/mol. The molecule has 13 heavy (non-hydrogen) atoms. The van der Waals surface area contributed by atoms with Crippen LogP contribution >= 0.6 is 0 Å². The minimum Gasteiger partial charge on any atom is -0.378 e. The summed E-state index contributed by atoms with van der Waals surface area (Å²) in [6, 6.07) is 9.20. The predicted octanol–water partition coefficient (Wildman–Crippen LogP) is 1.48. The van der Waals surface area contributed by atoms with Gasteiger partial charge < -0.3 is 10.1 Å². The molecule has 1 aliphatic heterocycles. The van der Waals surface area contributed by atoms with Gasteiger partial charge in [0.05, 0.1) is 19.3 Å². The van der Waals surface area contributed by atoms with Gasteiger partial charge in [0.15, 0.2) is 0 Å². The van der Waals surface area contributed by atoms with Crippen LogP contribution in [0.2, 0.25) is 0 Å². The Bertz CT molecular complexity index is 264. The van der Waals surface area contributed by atoms with Gasteiger partial charge in [-0.2, -0.15) is 0 Å². The zero-order valence-electron chi connectivity index (χ0n) is 7.92. The van der Waals surface area contributed by atoms with Crippen LogP contribution in [0.1, 0.15) is 11.1 Å². The molecule has 1 heterocycles. The van der Waals surface area contributed by atoms with E-state index in [9.17, 15) is 0 Å². The van der Waals surface area contributed by atoms with E-state index in [-0.39, 0.29) is 0 Å². The van der Waals surface area contributed by atoms with Crippen molar-refractivity contribution in [1.82, 2.24) is 5.32 Å². The number of rotatable bonds is 3. The molecule has 0 amide bonds. The molecule has 0 unspecified atom stereocenters. The van der Waals surface area contributed by atoms with Crippen molar-refractivity contribution in [1.29, 1.82) is 0 Å². The van der Waals surface area contributed by atoms with Crippen molar-refractivity contribution in [3.05, 3.63) is 35.4 Å². The molecule has 0 spiro atoms. The van der Waals surface area contributed by atoms with E-state index < -0.39 is 0 Å². The summed E-state index contributed by atoms with van der Waals surface area (Å²) in [5, 5.41) is 3.43. The van der Waals surface area contributed by atoms with Crippen molar-refractivity contribution >= 4 is 0 Å². The van der Waals surface area contributed by atoms with Crippen molar-refractivity contribution in [3.8, 4) is 0 Å². The molecule has 0 saturated carbocycles. The molecule has 1 N–H and O–H groups in total. The van der Waals surface area contributed by atoms with Crippen LogP contribution in [-0.4, -0.2) is 19.3 Å². The minimum atomic E-state index is 0.571. The summed E-state index contributed by atoms with van der Waals surface area (Å²) >= 11 is 0. The van der Waals surface area contributed by atoms with Crippen molar-refractivity contribution in [3.63, 3.8) is 0 Å². The molecule has 1 aliphatic rings. The predicted molar refractivity (Wildman–Crippen MR) is 52.6 cm³/mol. The zero-order chi connectivity index (χ0) is 9.10. The Balaban J connectivity index is 1.83. The van der Waals surface area contributed by atoms with Gasteiger partial charge in [0, 0.05) is 6.54 Å². The van der Waals surface area contributed by atoms with Gasteiger partial charge in [0.1, 0.15) is 0 Å². The van der Waals surface area contributed by atoms with Crippen LogP contribution in [0, 0.1) is 6.92 Å². The second-order valence-electron chi connectivity index (χ2n) is 3.60. The largest absolute Gasteiger partial charge is 0.378 e. The first kappa shape index (κ1) is 8.73. The van der Waals surface area contributed by atoms with E-state index in [4.69, 9.17) is 4.74 Å². The summed E-state index contributed by atoms with van der Waals surface area (Å²) in [6.07, 6.45) is 0. The molecule has 0 atom stereocenters. The highest BCUT2D eigenvalue weighted by Gasteiger charge is 2.16. The Morgan fingerprint density at radius 1 is 1.31 bits per heavy atom. The van der Waals surface area contributed by atoms with E-state index >= 15 is 0 Å². The van der Waals surface area contributed by atoms with Crippen molar-refractivity contribution in [2.24, 2.45) is 0 Å². The summed E-state index contributed by atoms with van der Waals surface area (Å²) in [7, 11) is 0. The maximum atomic E-state index is 5.08. The number of nitrogens with one attached hydrogen (secondary N) is 1. The number of ether oxygens (including phenoxy) is 1. The van der Waals surface area contributed by atoms with Crippen LogP contribution in [0.25, 0.3) is 0 Å². The first-order valence-corrected chi connectivity index (χ1v) is 4.71. The van der Waals surface area contributed by atoms with Gasteiger partial charge >= 0.3 is 0 Å². The topological polar surface area (TPSA) is 21.3 Å². The van der Waals surface area contributed by atoms with Gasteiger partial charge in [0.25, 0.3) is 0 Å². The van der Waals surface area contributed by atoms with Gasteiger partial charge in [0.2, 0.25) is 0 Å². The molecule has 0 aromatic heterocycles. The third kappa shape index (κ3) is 2.29. The summed E-state index contributed by atoms with van der Waals surface area (Å²) in [5.41, 5.74) is 2.66. The van der Waals surface area contributed by atoms with E-state index in [0.29, 0.717) is 6.04 Å². The van der Waals surface area contributed by atoms with Crippen molar-refractivity contribution in [2.45, 2.75) is 19.5 Å². The number of hydrogen-bond donors (Lipinski definition) is 1. The molecule has 1 aromatic rings. The van der Waals surface area contributed by atoms with Gasteiger partial charge in [-0.3, -0.25) is 0 Å². The summed E-state index contributed by atoms with van der Waals surface area (Å²) in [4.78, 5) is 0.